The highest BCUT2D eigenvalue weighted by atomic mass is 15.1. The zero-order valence-corrected chi connectivity index (χ0v) is 10.2. The summed E-state index contributed by atoms with van der Waals surface area (Å²) < 4.78 is 0. The third-order valence-electron chi connectivity index (χ3n) is 2.57. The molecule has 0 aliphatic carbocycles. The van der Waals surface area contributed by atoms with Crippen LogP contribution in [0.5, 0.6) is 0 Å². The van der Waals surface area contributed by atoms with E-state index in [0.717, 1.165) is 13.1 Å². The van der Waals surface area contributed by atoms with Gasteiger partial charge in [0, 0.05) is 31.9 Å². The molecule has 84 valence electrons. The first-order valence-electron chi connectivity index (χ1n) is 5.67. The number of anilines is 1. The fraction of sp³-hybridized carbons (Fsp3) is 0.538. The maximum atomic E-state index is 3.41. The Morgan fingerprint density at radius 2 is 1.80 bits per heavy atom. The van der Waals surface area contributed by atoms with E-state index in [1.54, 1.807) is 0 Å². The summed E-state index contributed by atoms with van der Waals surface area (Å²) in [6.07, 6.45) is 0. The predicted octanol–water partition coefficient (Wildman–Crippen LogP) is 2.64. The molecule has 0 aromatic heterocycles. The number of nitrogens with one attached hydrogen (secondary N) is 1. The maximum Gasteiger partial charge on any atom is 0.0363 e. The number of nitrogens with zero attached hydrogens (tertiary/aromatic N) is 1. The van der Waals surface area contributed by atoms with Crippen LogP contribution in [0.25, 0.3) is 0 Å². The molecule has 1 aromatic rings. The summed E-state index contributed by atoms with van der Waals surface area (Å²) >= 11 is 0. The van der Waals surface area contributed by atoms with Gasteiger partial charge in [0.1, 0.15) is 0 Å². The Balaban J connectivity index is 2.56. The van der Waals surface area contributed by atoms with Gasteiger partial charge in [-0.3, -0.25) is 0 Å². The van der Waals surface area contributed by atoms with E-state index < -0.39 is 0 Å². The van der Waals surface area contributed by atoms with Crippen LogP contribution in [0.4, 0.5) is 5.69 Å². The fourth-order valence-corrected chi connectivity index (χ4v) is 1.37. The monoisotopic (exact) mass is 206 g/mol. The van der Waals surface area contributed by atoms with Gasteiger partial charge in [0.05, 0.1) is 0 Å². The molecule has 1 rings (SSSR count). The van der Waals surface area contributed by atoms with Crippen molar-refractivity contribution in [2.45, 2.75) is 33.4 Å². The van der Waals surface area contributed by atoms with Crippen LogP contribution < -0.4 is 10.2 Å². The van der Waals surface area contributed by atoms with Crippen LogP contribution in [0.1, 0.15) is 26.3 Å². The quantitative estimate of drug-likeness (QED) is 0.796. The Labute approximate surface area is 93.3 Å². The first-order valence-corrected chi connectivity index (χ1v) is 5.67. The molecular weight excluding hydrogens is 184 g/mol. The minimum absolute atomic E-state index is 0.544. The number of hydrogen-bond acceptors (Lipinski definition) is 2. The molecule has 0 saturated carbocycles. The Morgan fingerprint density at radius 3 is 2.27 bits per heavy atom. The minimum atomic E-state index is 0.544. The van der Waals surface area contributed by atoms with Crippen molar-refractivity contribution in [3.8, 4) is 0 Å². The van der Waals surface area contributed by atoms with E-state index >= 15 is 0 Å². The van der Waals surface area contributed by atoms with Crippen LogP contribution in [-0.4, -0.2) is 19.6 Å². The van der Waals surface area contributed by atoms with Crippen molar-refractivity contribution in [3.63, 3.8) is 0 Å². The third kappa shape index (κ3) is 3.92. The second-order valence-electron chi connectivity index (χ2n) is 4.22. The Hall–Kier alpha value is -1.02. The summed E-state index contributed by atoms with van der Waals surface area (Å²) in [7, 11) is 2.11. The summed E-state index contributed by atoms with van der Waals surface area (Å²) in [4.78, 5) is 2.24. The second-order valence-corrected chi connectivity index (χ2v) is 4.22. The first kappa shape index (κ1) is 12.1. The molecule has 2 nitrogen and oxygen atoms in total. The Bertz CT molecular complexity index is 277. The average molecular weight is 206 g/mol. The van der Waals surface area contributed by atoms with Crippen LogP contribution in [0.2, 0.25) is 0 Å². The van der Waals surface area contributed by atoms with E-state index in [2.05, 4.69) is 62.3 Å². The topological polar surface area (TPSA) is 15.3 Å². The highest BCUT2D eigenvalue weighted by Crippen LogP contribution is 2.13. The van der Waals surface area contributed by atoms with E-state index in [1.165, 1.54) is 11.3 Å². The largest absolute Gasteiger partial charge is 0.375 e. The minimum Gasteiger partial charge on any atom is -0.375 e. The zero-order chi connectivity index (χ0) is 11.3. The molecule has 0 fully saturated rings. The summed E-state index contributed by atoms with van der Waals surface area (Å²) in [5, 5.41) is 3.41. The third-order valence-corrected chi connectivity index (χ3v) is 2.57. The van der Waals surface area contributed by atoms with Gasteiger partial charge in [-0.05, 0) is 24.6 Å². The van der Waals surface area contributed by atoms with Crippen molar-refractivity contribution in [1.29, 1.82) is 0 Å². The molecule has 15 heavy (non-hydrogen) atoms. The number of hydrogen-bond donors (Lipinski definition) is 1. The predicted molar refractivity (Wildman–Crippen MR) is 67.4 cm³/mol. The molecule has 0 radical (unpaired) electrons. The van der Waals surface area contributed by atoms with E-state index in [4.69, 9.17) is 0 Å². The van der Waals surface area contributed by atoms with Gasteiger partial charge in [-0.25, -0.2) is 0 Å². The highest BCUT2D eigenvalue weighted by Gasteiger charge is 1.98. The molecule has 0 heterocycles. The zero-order valence-electron chi connectivity index (χ0n) is 10.2. The Morgan fingerprint density at radius 1 is 1.20 bits per heavy atom. The molecule has 0 unspecified atom stereocenters. The number of benzene rings is 1. The van der Waals surface area contributed by atoms with Gasteiger partial charge in [-0.15, -0.1) is 0 Å². The lowest BCUT2D eigenvalue weighted by Crippen LogP contribution is -2.21. The Kier molecular flexibility index (Phi) is 4.63. The number of rotatable bonds is 5. The molecule has 1 aromatic carbocycles. The van der Waals surface area contributed by atoms with Crippen molar-refractivity contribution in [1.82, 2.24) is 5.32 Å². The lowest BCUT2D eigenvalue weighted by Gasteiger charge is -2.17. The molecule has 0 amide bonds. The normalized spacial score (nSPS) is 10.7. The van der Waals surface area contributed by atoms with Crippen LogP contribution in [-0.2, 0) is 6.54 Å². The smallest absolute Gasteiger partial charge is 0.0363 e. The molecule has 2 heteroatoms. The van der Waals surface area contributed by atoms with Crippen LogP contribution in [0.15, 0.2) is 24.3 Å². The molecule has 0 aliphatic heterocycles. The van der Waals surface area contributed by atoms with Gasteiger partial charge in [-0.1, -0.05) is 26.0 Å². The summed E-state index contributed by atoms with van der Waals surface area (Å²) in [5.41, 5.74) is 2.63. The molecule has 0 aliphatic rings. The van der Waals surface area contributed by atoms with Crippen molar-refractivity contribution >= 4 is 5.69 Å². The molecular formula is C13H22N2. The van der Waals surface area contributed by atoms with Crippen LogP contribution in [0.3, 0.4) is 0 Å². The summed E-state index contributed by atoms with van der Waals surface area (Å²) in [5.74, 6) is 0. The van der Waals surface area contributed by atoms with Crippen molar-refractivity contribution in [3.05, 3.63) is 29.8 Å². The van der Waals surface area contributed by atoms with E-state index in [1.807, 2.05) is 0 Å². The SMILES string of the molecule is CCN(C)c1ccc(CNC(C)C)cc1. The maximum absolute atomic E-state index is 3.41. The van der Waals surface area contributed by atoms with Gasteiger partial charge in [-0.2, -0.15) is 0 Å². The van der Waals surface area contributed by atoms with Crippen molar-refractivity contribution < 1.29 is 0 Å². The standard InChI is InChI=1S/C13H22N2/c1-5-15(4)13-8-6-12(7-9-13)10-14-11(2)3/h6-9,11,14H,5,10H2,1-4H3. The fourth-order valence-electron chi connectivity index (χ4n) is 1.37. The summed E-state index contributed by atoms with van der Waals surface area (Å²) in [6.45, 7) is 8.49. The lowest BCUT2D eigenvalue weighted by molar-refractivity contribution is 0.589. The second kappa shape index (κ2) is 5.76. The molecule has 0 atom stereocenters. The summed E-state index contributed by atoms with van der Waals surface area (Å²) in [6, 6.07) is 9.29. The first-order chi connectivity index (χ1) is 7.13. The van der Waals surface area contributed by atoms with Gasteiger partial charge < -0.3 is 10.2 Å². The highest BCUT2D eigenvalue weighted by molar-refractivity contribution is 5.46. The van der Waals surface area contributed by atoms with E-state index in [-0.39, 0.29) is 0 Å². The molecule has 0 bridgehead atoms. The van der Waals surface area contributed by atoms with Crippen molar-refractivity contribution in [2.75, 3.05) is 18.5 Å². The van der Waals surface area contributed by atoms with Gasteiger partial charge in [0.25, 0.3) is 0 Å². The molecule has 1 N–H and O–H groups in total. The molecule has 0 saturated heterocycles. The van der Waals surface area contributed by atoms with E-state index in [0.29, 0.717) is 6.04 Å². The van der Waals surface area contributed by atoms with Crippen molar-refractivity contribution in [2.24, 2.45) is 0 Å². The van der Waals surface area contributed by atoms with E-state index in [9.17, 15) is 0 Å². The lowest BCUT2D eigenvalue weighted by atomic mass is 10.2. The van der Waals surface area contributed by atoms with Gasteiger partial charge in [0.15, 0.2) is 0 Å². The van der Waals surface area contributed by atoms with Crippen LogP contribution in [0, 0.1) is 0 Å². The van der Waals surface area contributed by atoms with Gasteiger partial charge in [0.2, 0.25) is 0 Å². The van der Waals surface area contributed by atoms with Gasteiger partial charge >= 0.3 is 0 Å². The molecule has 0 spiro atoms. The average Bonchev–Trinajstić information content (AvgIpc) is 2.26. The van der Waals surface area contributed by atoms with Crippen LogP contribution >= 0.6 is 0 Å².